The number of anilines is 1. The van der Waals surface area contributed by atoms with Crippen LogP contribution < -0.4 is 10.1 Å². The van der Waals surface area contributed by atoms with E-state index in [0.717, 1.165) is 28.8 Å². The normalized spacial score (nSPS) is 11.0. The van der Waals surface area contributed by atoms with E-state index in [9.17, 15) is 4.79 Å². The molecule has 0 aliphatic rings. The quantitative estimate of drug-likeness (QED) is 0.576. The summed E-state index contributed by atoms with van der Waals surface area (Å²) in [7, 11) is 1.64. The molecule has 0 saturated heterocycles. The standard InChI is InChI=1S/C18H21N5O2S2/c1-12(2)10-23-16(13-4-6-14(25-3)7-5-13)21-22-18(23)27-11-15(24)20-17-19-8-9-26-17/h4-9,12H,10-11H2,1-3H3,(H,19,20,24). The van der Waals surface area contributed by atoms with Gasteiger partial charge in [0.25, 0.3) is 0 Å². The highest BCUT2D eigenvalue weighted by Crippen LogP contribution is 2.26. The lowest BCUT2D eigenvalue weighted by Gasteiger charge is -2.12. The van der Waals surface area contributed by atoms with Gasteiger partial charge in [-0.3, -0.25) is 4.79 Å². The van der Waals surface area contributed by atoms with Crippen LogP contribution in [0, 0.1) is 5.92 Å². The van der Waals surface area contributed by atoms with Crippen LogP contribution in [0.15, 0.2) is 41.0 Å². The summed E-state index contributed by atoms with van der Waals surface area (Å²) in [5.41, 5.74) is 0.961. The molecule has 27 heavy (non-hydrogen) atoms. The maximum absolute atomic E-state index is 12.1. The highest BCUT2D eigenvalue weighted by atomic mass is 32.2. The molecule has 0 unspecified atom stereocenters. The minimum Gasteiger partial charge on any atom is -0.497 e. The average Bonchev–Trinajstić information content (AvgIpc) is 3.30. The third kappa shape index (κ3) is 5.08. The molecule has 0 spiro atoms. The summed E-state index contributed by atoms with van der Waals surface area (Å²) in [6.45, 7) is 5.05. The smallest absolute Gasteiger partial charge is 0.236 e. The van der Waals surface area contributed by atoms with Gasteiger partial charge in [0.1, 0.15) is 5.75 Å². The minimum atomic E-state index is -0.111. The summed E-state index contributed by atoms with van der Waals surface area (Å²) in [6, 6.07) is 7.72. The summed E-state index contributed by atoms with van der Waals surface area (Å²) in [6.07, 6.45) is 1.66. The highest BCUT2D eigenvalue weighted by Gasteiger charge is 2.17. The van der Waals surface area contributed by atoms with Gasteiger partial charge in [0, 0.05) is 23.7 Å². The van der Waals surface area contributed by atoms with E-state index in [0.29, 0.717) is 11.0 Å². The number of thiazole rings is 1. The van der Waals surface area contributed by atoms with Gasteiger partial charge in [0.05, 0.1) is 12.9 Å². The minimum absolute atomic E-state index is 0.111. The number of amides is 1. The topological polar surface area (TPSA) is 81.9 Å². The van der Waals surface area contributed by atoms with E-state index in [1.54, 1.807) is 13.3 Å². The van der Waals surface area contributed by atoms with Crippen molar-refractivity contribution < 1.29 is 9.53 Å². The highest BCUT2D eigenvalue weighted by molar-refractivity contribution is 7.99. The van der Waals surface area contributed by atoms with Crippen LogP contribution in [0.2, 0.25) is 0 Å². The number of ether oxygens (including phenoxy) is 1. The molecule has 0 fully saturated rings. The number of thioether (sulfide) groups is 1. The Morgan fingerprint density at radius 3 is 2.70 bits per heavy atom. The molecule has 0 radical (unpaired) electrons. The molecule has 1 aromatic carbocycles. The number of benzene rings is 1. The van der Waals surface area contributed by atoms with Gasteiger partial charge in [-0.15, -0.1) is 21.5 Å². The van der Waals surface area contributed by atoms with E-state index in [4.69, 9.17) is 4.74 Å². The third-order valence-corrected chi connectivity index (χ3v) is 5.28. The monoisotopic (exact) mass is 403 g/mol. The molecule has 2 heterocycles. The Kier molecular flexibility index (Phi) is 6.46. The molecule has 0 aliphatic heterocycles. The Hall–Kier alpha value is -2.39. The maximum Gasteiger partial charge on any atom is 0.236 e. The summed E-state index contributed by atoms with van der Waals surface area (Å²) in [5, 5.41) is 14.6. The summed E-state index contributed by atoms with van der Waals surface area (Å²) < 4.78 is 7.28. The van der Waals surface area contributed by atoms with E-state index in [1.807, 2.05) is 29.6 Å². The van der Waals surface area contributed by atoms with Gasteiger partial charge in [0.15, 0.2) is 16.1 Å². The molecule has 142 valence electrons. The zero-order valence-corrected chi connectivity index (χ0v) is 17.0. The molecular formula is C18H21N5O2S2. The van der Waals surface area contributed by atoms with Crippen LogP contribution in [0.5, 0.6) is 5.75 Å². The zero-order chi connectivity index (χ0) is 19.2. The van der Waals surface area contributed by atoms with Crippen LogP contribution >= 0.6 is 23.1 Å². The van der Waals surface area contributed by atoms with Crippen molar-refractivity contribution in [2.45, 2.75) is 25.5 Å². The number of nitrogens with one attached hydrogen (secondary N) is 1. The van der Waals surface area contributed by atoms with Crippen LogP contribution in [0.25, 0.3) is 11.4 Å². The molecule has 0 aliphatic carbocycles. The average molecular weight is 404 g/mol. The summed E-state index contributed by atoms with van der Waals surface area (Å²) in [4.78, 5) is 16.2. The van der Waals surface area contributed by atoms with Crippen LogP contribution in [0.4, 0.5) is 5.13 Å². The van der Waals surface area contributed by atoms with Gasteiger partial charge in [-0.2, -0.15) is 0 Å². The first-order chi connectivity index (χ1) is 13.1. The molecule has 0 saturated carbocycles. The number of hydrogen-bond donors (Lipinski definition) is 1. The van der Waals surface area contributed by atoms with Crippen molar-refractivity contribution in [2.24, 2.45) is 5.92 Å². The van der Waals surface area contributed by atoms with Crippen molar-refractivity contribution in [3.05, 3.63) is 35.8 Å². The first kappa shape index (κ1) is 19.4. The number of carbonyl (C=O) groups is 1. The molecule has 3 rings (SSSR count). The molecule has 2 aromatic heterocycles. The van der Waals surface area contributed by atoms with Crippen molar-refractivity contribution in [2.75, 3.05) is 18.2 Å². The van der Waals surface area contributed by atoms with Gasteiger partial charge in [0.2, 0.25) is 5.91 Å². The van der Waals surface area contributed by atoms with Gasteiger partial charge in [-0.05, 0) is 30.2 Å². The second-order valence-corrected chi connectivity index (χ2v) is 8.05. The van der Waals surface area contributed by atoms with Crippen LogP contribution in [0.1, 0.15) is 13.8 Å². The Morgan fingerprint density at radius 2 is 2.07 bits per heavy atom. The first-order valence-electron chi connectivity index (χ1n) is 8.46. The number of aromatic nitrogens is 4. The number of hydrogen-bond acceptors (Lipinski definition) is 7. The van der Waals surface area contributed by atoms with Crippen molar-refractivity contribution >= 4 is 34.1 Å². The van der Waals surface area contributed by atoms with Crippen molar-refractivity contribution in [1.29, 1.82) is 0 Å². The number of carbonyl (C=O) groups excluding carboxylic acids is 1. The molecule has 9 heteroatoms. The zero-order valence-electron chi connectivity index (χ0n) is 15.4. The molecule has 7 nitrogen and oxygen atoms in total. The molecular weight excluding hydrogens is 382 g/mol. The van der Waals surface area contributed by atoms with E-state index >= 15 is 0 Å². The fourth-order valence-corrected chi connectivity index (χ4v) is 3.74. The third-order valence-electron chi connectivity index (χ3n) is 3.62. The lowest BCUT2D eigenvalue weighted by molar-refractivity contribution is -0.113. The van der Waals surface area contributed by atoms with Crippen LogP contribution in [0.3, 0.4) is 0 Å². The summed E-state index contributed by atoms with van der Waals surface area (Å²) >= 11 is 2.76. The van der Waals surface area contributed by atoms with Crippen molar-refractivity contribution in [1.82, 2.24) is 19.7 Å². The number of nitrogens with zero attached hydrogens (tertiary/aromatic N) is 4. The van der Waals surface area contributed by atoms with E-state index < -0.39 is 0 Å². The number of rotatable bonds is 8. The molecule has 3 aromatic rings. The maximum atomic E-state index is 12.1. The fraction of sp³-hybridized carbons (Fsp3) is 0.333. The molecule has 1 amide bonds. The Labute approximate surface area is 166 Å². The lowest BCUT2D eigenvalue weighted by atomic mass is 10.2. The first-order valence-corrected chi connectivity index (χ1v) is 10.3. The van der Waals surface area contributed by atoms with Crippen LogP contribution in [-0.2, 0) is 11.3 Å². The Bertz CT molecular complexity index is 876. The second-order valence-electron chi connectivity index (χ2n) is 6.21. The molecule has 0 bridgehead atoms. The van der Waals surface area contributed by atoms with Gasteiger partial charge < -0.3 is 14.6 Å². The largest absolute Gasteiger partial charge is 0.497 e. The SMILES string of the molecule is COc1ccc(-c2nnc(SCC(=O)Nc3nccs3)n2CC(C)C)cc1. The molecule has 1 N–H and O–H groups in total. The predicted octanol–water partition coefficient (Wildman–Crippen LogP) is 3.80. The predicted molar refractivity (Wildman–Crippen MR) is 108 cm³/mol. The second kappa shape index (κ2) is 9.01. The van der Waals surface area contributed by atoms with Gasteiger partial charge in [-0.25, -0.2) is 4.98 Å². The van der Waals surface area contributed by atoms with Crippen LogP contribution in [-0.4, -0.2) is 38.5 Å². The van der Waals surface area contributed by atoms with Crippen molar-refractivity contribution in [3.8, 4) is 17.1 Å². The lowest BCUT2D eigenvalue weighted by Crippen LogP contribution is -2.15. The van der Waals surface area contributed by atoms with Gasteiger partial charge >= 0.3 is 0 Å². The number of methoxy groups -OCH3 is 1. The Morgan fingerprint density at radius 1 is 1.30 bits per heavy atom. The van der Waals surface area contributed by atoms with E-state index in [1.165, 1.54) is 23.1 Å². The molecule has 0 atom stereocenters. The van der Waals surface area contributed by atoms with E-state index in [-0.39, 0.29) is 11.7 Å². The van der Waals surface area contributed by atoms with Crippen molar-refractivity contribution in [3.63, 3.8) is 0 Å². The fourth-order valence-electron chi connectivity index (χ4n) is 2.45. The van der Waals surface area contributed by atoms with Gasteiger partial charge in [-0.1, -0.05) is 25.6 Å². The van der Waals surface area contributed by atoms with E-state index in [2.05, 4.69) is 38.9 Å². The summed E-state index contributed by atoms with van der Waals surface area (Å²) in [5.74, 6) is 2.14. The Balaban J connectivity index is 1.76.